The molecule has 27 heavy (non-hydrogen) atoms. The van der Waals surface area contributed by atoms with E-state index in [2.05, 4.69) is 41.4 Å². The first-order valence-electron chi connectivity index (χ1n) is 8.56. The molecule has 1 aliphatic heterocycles. The molecule has 0 atom stereocenters. The number of hydrogen-bond acceptors (Lipinski definition) is 5. The predicted molar refractivity (Wildman–Crippen MR) is 113 cm³/mol. The summed E-state index contributed by atoms with van der Waals surface area (Å²) in [6, 6.07) is 13.1. The molecule has 0 bridgehead atoms. The fraction of sp³-hybridized carbons (Fsp3) is 0.238. The molecular weight excluding hydrogens is 457 g/mol. The quantitative estimate of drug-likeness (QED) is 0.345. The van der Waals surface area contributed by atoms with E-state index in [4.69, 9.17) is 14.2 Å². The Bertz CT molecular complexity index is 904. The number of benzene rings is 2. The van der Waals surface area contributed by atoms with Gasteiger partial charge in [-0.15, -0.1) is 0 Å². The zero-order valence-electron chi connectivity index (χ0n) is 15.4. The lowest BCUT2D eigenvalue weighted by atomic mass is 10.1. The zero-order valence-corrected chi connectivity index (χ0v) is 17.5. The molecule has 3 rings (SSSR count). The molecule has 0 spiro atoms. The number of esters is 1. The van der Waals surface area contributed by atoms with Crippen molar-refractivity contribution in [3.05, 3.63) is 62.9 Å². The minimum absolute atomic E-state index is 0.252. The van der Waals surface area contributed by atoms with E-state index in [1.54, 1.807) is 13.2 Å². The Kier molecular flexibility index (Phi) is 6.15. The summed E-state index contributed by atoms with van der Waals surface area (Å²) < 4.78 is 17.5. The van der Waals surface area contributed by atoms with Crippen molar-refractivity contribution in [2.24, 2.45) is 10.9 Å². The SMILES string of the molecule is COc1cc(/C=C2\N=C(c3ccccc3)OC2=O)cc(I)c1OCC(C)C. The first-order valence-corrected chi connectivity index (χ1v) is 9.64. The maximum atomic E-state index is 12.2. The molecule has 0 aromatic heterocycles. The standard InChI is InChI=1S/C21H20INO4/c1-13(2)12-26-19-16(22)9-14(11-18(19)25-3)10-17-21(24)27-20(23-17)15-7-5-4-6-8-15/h4-11,13H,12H2,1-3H3/b17-10-. The van der Waals surface area contributed by atoms with Crippen LogP contribution < -0.4 is 9.47 Å². The number of halogens is 1. The molecule has 5 nitrogen and oxygen atoms in total. The Hall–Kier alpha value is -2.35. The average molecular weight is 477 g/mol. The number of carbonyl (C=O) groups is 1. The third-order valence-electron chi connectivity index (χ3n) is 3.76. The minimum atomic E-state index is -0.469. The lowest BCUT2D eigenvalue weighted by molar-refractivity contribution is -0.129. The second-order valence-electron chi connectivity index (χ2n) is 6.44. The smallest absolute Gasteiger partial charge is 0.363 e. The fourth-order valence-corrected chi connectivity index (χ4v) is 3.27. The van der Waals surface area contributed by atoms with E-state index in [0.717, 1.165) is 14.7 Å². The molecule has 0 aliphatic carbocycles. The van der Waals surface area contributed by atoms with Crippen LogP contribution in [0.4, 0.5) is 0 Å². The second kappa shape index (κ2) is 8.56. The summed E-state index contributed by atoms with van der Waals surface area (Å²) in [5, 5.41) is 0. The maximum Gasteiger partial charge on any atom is 0.363 e. The van der Waals surface area contributed by atoms with Gasteiger partial charge in [0.1, 0.15) is 0 Å². The van der Waals surface area contributed by atoms with Crippen molar-refractivity contribution >= 4 is 40.5 Å². The van der Waals surface area contributed by atoms with E-state index in [1.807, 2.05) is 42.5 Å². The van der Waals surface area contributed by atoms with E-state index >= 15 is 0 Å². The van der Waals surface area contributed by atoms with Gasteiger partial charge in [-0.25, -0.2) is 9.79 Å². The summed E-state index contributed by atoms with van der Waals surface area (Å²) in [7, 11) is 1.60. The van der Waals surface area contributed by atoms with Crippen LogP contribution in [0.15, 0.2) is 53.2 Å². The van der Waals surface area contributed by atoms with Gasteiger partial charge >= 0.3 is 5.97 Å². The lowest BCUT2D eigenvalue weighted by Crippen LogP contribution is -2.07. The molecule has 2 aromatic rings. The number of hydrogen-bond donors (Lipinski definition) is 0. The molecule has 2 aromatic carbocycles. The fourth-order valence-electron chi connectivity index (χ4n) is 2.48. The monoisotopic (exact) mass is 477 g/mol. The number of nitrogens with zero attached hydrogens (tertiary/aromatic N) is 1. The van der Waals surface area contributed by atoms with Gasteiger partial charge in [0, 0.05) is 5.56 Å². The second-order valence-corrected chi connectivity index (χ2v) is 7.60. The molecule has 140 valence electrons. The lowest BCUT2D eigenvalue weighted by Gasteiger charge is -2.15. The van der Waals surface area contributed by atoms with E-state index in [1.165, 1.54) is 0 Å². The van der Waals surface area contributed by atoms with Crippen LogP contribution in [0.25, 0.3) is 6.08 Å². The van der Waals surface area contributed by atoms with Crippen molar-refractivity contribution in [3.63, 3.8) is 0 Å². The van der Waals surface area contributed by atoms with Crippen molar-refractivity contribution in [2.75, 3.05) is 13.7 Å². The number of methoxy groups -OCH3 is 1. The first-order chi connectivity index (χ1) is 13.0. The Morgan fingerprint density at radius 1 is 1.22 bits per heavy atom. The van der Waals surface area contributed by atoms with Crippen molar-refractivity contribution in [1.29, 1.82) is 0 Å². The van der Waals surface area contributed by atoms with E-state index in [9.17, 15) is 4.79 Å². The third-order valence-corrected chi connectivity index (χ3v) is 4.56. The van der Waals surface area contributed by atoms with Crippen LogP contribution in [0.3, 0.4) is 0 Å². The maximum absolute atomic E-state index is 12.2. The molecule has 0 fully saturated rings. The summed E-state index contributed by atoms with van der Waals surface area (Å²) in [6.45, 7) is 4.78. The largest absolute Gasteiger partial charge is 0.493 e. The van der Waals surface area contributed by atoms with Crippen molar-refractivity contribution in [1.82, 2.24) is 0 Å². The number of ether oxygens (including phenoxy) is 3. The highest BCUT2D eigenvalue weighted by atomic mass is 127. The highest BCUT2D eigenvalue weighted by molar-refractivity contribution is 14.1. The molecule has 0 saturated carbocycles. The summed E-state index contributed by atoms with van der Waals surface area (Å²) in [4.78, 5) is 16.5. The molecule has 0 unspecified atom stereocenters. The highest BCUT2D eigenvalue weighted by Crippen LogP contribution is 2.35. The van der Waals surface area contributed by atoms with Gasteiger partial charge in [0.25, 0.3) is 0 Å². The van der Waals surface area contributed by atoms with Crippen LogP contribution in [-0.2, 0) is 9.53 Å². The van der Waals surface area contributed by atoms with Gasteiger partial charge in [0.05, 0.1) is 17.3 Å². The molecule has 0 saturated heterocycles. The number of cyclic esters (lactones) is 1. The third kappa shape index (κ3) is 4.68. The Labute approximate surface area is 172 Å². The molecule has 1 heterocycles. The zero-order chi connectivity index (χ0) is 19.4. The van der Waals surface area contributed by atoms with E-state index in [0.29, 0.717) is 29.9 Å². The molecule has 0 radical (unpaired) electrons. The van der Waals surface area contributed by atoms with Crippen molar-refractivity contribution in [3.8, 4) is 11.5 Å². The average Bonchev–Trinajstić information content (AvgIpc) is 3.01. The van der Waals surface area contributed by atoms with Crippen LogP contribution in [0.2, 0.25) is 0 Å². The number of carbonyl (C=O) groups excluding carboxylic acids is 1. The van der Waals surface area contributed by atoms with Crippen LogP contribution in [0, 0.1) is 9.49 Å². The van der Waals surface area contributed by atoms with Gasteiger partial charge in [-0.1, -0.05) is 32.0 Å². The van der Waals surface area contributed by atoms with Crippen LogP contribution >= 0.6 is 22.6 Å². The topological polar surface area (TPSA) is 57.1 Å². The summed E-state index contributed by atoms with van der Waals surface area (Å²) in [6.07, 6.45) is 1.69. The predicted octanol–water partition coefficient (Wildman–Crippen LogP) is 4.68. The van der Waals surface area contributed by atoms with Gasteiger partial charge in [-0.05, 0) is 64.4 Å². The van der Waals surface area contributed by atoms with Gasteiger partial charge in [-0.3, -0.25) is 0 Å². The summed E-state index contributed by atoms with van der Waals surface area (Å²) in [5.41, 5.74) is 1.81. The van der Waals surface area contributed by atoms with Gasteiger partial charge < -0.3 is 14.2 Å². The van der Waals surface area contributed by atoms with Crippen molar-refractivity contribution < 1.29 is 19.0 Å². The van der Waals surface area contributed by atoms with Crippen molar-refractivity contribution in [2.45, 2.75) is 13.8 Å². The van der Waals surface area contributed by atoms with E-state index < -0.39 is 5.97 Å². The minimum Gasteiger partial charge on any atom is -0.493 e. The number of rotatable bonds is 6. The van der Waals surface area contributed by atoms with Gasteiger partial charge in [0.2, 0.25) is 5.90 Å². The van der Waals surface area contributed by atoms with Crippen LogP contribution in [-0.4, -0.2) is 25.6 Å². The van der Waals surface area contributed by atoms with Crippen LogP contribution in [0.1, 0.15) is 25.0 Å². The van der Waals surface area contributed by atoms with E-state index in [-0.39, 0.29) is 5.70 Å². The summed E-state index contributed by atoms with van der Waals surface area (Å²) >= 11 is 2.20. The van der Waals surface area contributed by atoms with Gasteiger partial charge in [0.15, 0.2) is 17.2 Å². The Morgan fingerprint density at radius 2 is 1.96 bits per heavy atom. The summed E-state index contributed by atoms with van der Waals surface area (Å²) in [5.74, 6) is 1.57. The Balaban J connectivity index is 1.91. The molecular formula is C21H20INO4. The highest BCUT2D eigenvalue weighted by Gasteiger charge is 2.24. The number of aliphatic imine (C=N–C) groups is 1. The Morgan fingerprint density at radius 3 is 2.63 bits per heavy atom. The normalized spacial score (nSPS) is 15.1. The molecule has 0 N–H and O–H groups in total. The first kappa shape index (κ1) is 19.4. The van der Waals surface area contributed by atoms with Crippen LogP contribution in [0.5, 0.6) is 11.5 Å². The van der Waals surface area contributed by atoms with Gasteiger partial charge in [-0.2, -0.15) is 0 Å². The molecule has 0 amide bonds. The molecule has 6 heteroatoms. The molecule has 1 aliphatic rings.